The van der Waals surface area contributed by atoms with Crippen LogP contribution in [-0.4, -0.2) is 23.1 Å². The molecule has 0 amide bonds. The van der Waals surface area contributed by atoms with Crippen LogP contribution in [0.1, 0.15) is 38.2 Å². The Bertz CT molecular complexity index is 372. The van der Waals surface area contributed by atoms with Gasteiger partial charge in [0, 0.05) is 6.42 Å². The smallest absolute Gasteiger partial charge is 0.307 e. The van der Waals surface area contributed by atoms with Crippen molar-refractivity contribution < 1.29 is 19.4 Å². The van der Waals surface area contributed by atoms with Gasteiger partial charge in [0.25, 0.3) is 0 Å². The molecule has 0 fully saturated rings. The molecule has 1 rings (SSSR count). The van der Waals surface area contributed by atoms with Crippen LogP contribution in [0, 0.1) is 0 Å². The maximum Gasteiger partial charge on any atom is 0.307 e. The average Bonchev–Trinajstić information content (AvgIpc) is 2.80. The summed E-state index contributed by atoms with van der Waals surface area (Å²) in [6, 6.07) is 2.04. The molecule has 1 heterocycles. The lowest BCUT2D eigenvalue weighted by atomic mass is 10.1. The molecule has 0 spiro atoms. The van der Waals surface area contributed by atoms with Crippen LogP contribution in [0.5, 0.6) is 0 Å². The van der Waals surface area contributed by atoms with Gasteiger partial charge in [-0.15, -0.1) is 0 Å². The van der Waals surface area contributed by atoms with Crippen LogP contribution in [-0.2, 0) is 20.7 Å². The molecule has 100 valence electrons. The van der Waals surface area contributed by atoms with Gasteiger partial charge in [0.05, 0.1) is 6.42 Å². The second kappa shape index (κ2) is 7.87. The number of esters is 1. The van der Waals surface area contributed by atoms with E-state index in [2.05, 4.69) is 5.38 Å². The molecule has 1 N–H and O–H groups in total. The lowest BCUT2D eigenvalue weighted by Crippen LogP contribution is -2.20. The number of thiophene rings is 1. The van der Waals surface area contributed by atoms with Crippen LogP contribution in [0.3, 0.4) is 0 Å². The minimum atomic E-state index is -0.937. The summed E-state index contributed by atoms with van der Waals surface area (Å²) in [6.07, 6.45) is 1.84. The number of aliphatic carboxylic acids is 1. The van der Waals surface area contributed by atoms with E-state index in [9.17, 15) is 9.59 Å². The zero-order valence-corrected chi connectivity index (χ0v) is 11.2. The van der Waals surface area contributed by atoms with E-state index in [1.54, 1.807) is 11.3 Å². The van der Waals surface area contributed by atoms with E-state index in [-0.39, 0.29) is 12.4 Å². The summed E-state index contributed by atoms with van der Waals surface area (Å²) in [6.45, 7) is 1.81. The predicted octanol–water partition coefficient (Wildman–Crippen LogP) is 2.87. The molecule has 1 aromatic rings. The first kappa shape index (κ1) is 14.7. The maximum absolute atomic E-state index is 11.5. The molecule has 0 aliphatic rings. The average molecular weight is 270 g/mol. The minimum absolute atomic E-state index is 0.118. The monoisotopic (exact) mass is 270 g/mol. The summed E-state index contributed by atoms with van der Waals surface area (Å²) in [5.41, 5.74) is 1.23. The Balaban J connectivity index is 2.21. The number of hydrogen-bond donors (Lipinski definition) is 1. The van der Waals surface area contributed by atoms with E-state index in [0.29, 0.717) is 12.8 Å². The SMILES string of the molecule is CCC(CC(=O)O)OC(=O)CCCc1ccsc1. The summed E-state index contributed by atoms with van der Waals surface area (Å²) in [5, 5.41) is 12.7. The van der Waals surface area contributed by atoms with Crippen molar-refractivity contribution in [3.8, 4) is 0 Å². The molecule has 18 heavy (non-hydrogen) atoms. The highest BCUT2D eigenvalue weighted by molar-refractivity contribution is 7.07. The topological polar surface area (TPSA) is 63.6 Å². The molecule has 5 heteroatoms. The Morgan fingerprint density at radius 3 is 2.83 bits per heavy atom. The minimum Gasteiger partial charge on any atom is -0.481 e. The maximum atomic E-state index is 11.5. The Labute approximate surface area is 111 Å². The summed E-state index contributed by atoms with van der Waals surface area (Å²) < 4.78 is 5.11. The molecular weight excluding hydrogens is 252 g/mol. The van der Waals surface area contributed by atoms with Gasteiger partial charge in [-0.3, -0.25) is 9.59 Å². The van der Waals surface area contributed by atoms with Crippen molar-refractivity contribution in [2.45, 2.75) is 45.1 Å². The van der Waals surface area contributed by atoms with Crippen molar-refractivity contribution in [1.82, 2.24) is 0 Å². The van der Waals surface area contributed by atoms with Crippen LogP contribution < -0.4 is 0 Å². The summed E-state index contributed by atoms with van der Waals surface area (Å²) in [4.78, 5) is 22.0. The van der Waals surface area contributed by atoms with Gasteiger partial charge in [-0.25, -0.2) is 0 Å². The number of carbonyl (C=O) groups excluding carboxylic acids is 1. The molecule has 1 unspecified atom stereocenters. The van der Waals surface area contributed by atoms with Crippen molar-refractivity contribution in [2.24, 2.45) is 0 Å². The molecule has 0 aliphatic carbocycles. The van der Waals surface area contributed by atoms with Gasteiger partial charge in [-0.05, 0) is 41.7 Å². The van der Waals surface area contributed by atoms with E-state index in [4.69, 9.17) is 9.84 Å². The van der Waals surface area contributed by atoms with E-state index < -0.39 is 12.1 Å². The van der Waals surface area contributed by atoms with Gasteiger partial charge >= 0.3 is 11.9 Å². The summed E-state index contributed by atoms with van der Waals surface area (Å²) in [7, 11) is 0. The van der Waals surface area contributed by atoms with Crippen LogP contribution in [0.2, 0.25) is 0 Å². The fraction of sp³-hybridized carbons (Fsp3) is 0.538. The highest BCUT2D eigenvalue weighted by Gasteiger charge is 2.15. The third-order valence-corrected chi connectivity index (χ3v) is 3.31. The van der Waals surface area contributed by atoms with E-state index >= 15 is 0 Å². The molecular formula is C13H18O4S. The molecule has 0 saturated heterocycles. The number of rotatable bonds is 8. The predicted molar refractivity (Wildman–Crippen MR) is 69.7 cm³/mol. The van der Waals surface area contributed by atoms with Crippen LogP contribution >= 0.6 is 11.3 Å². The van der Waals surface area contributed by atoms with Crippen molar-refractivity contribution in [2.75, 3.05) is 0 Å². The van der Waals surface area contributed by atoms with E-state index in [1.165, 1.54) is 5.56 Å². The van der Waals surface area contributed by atoms with Gasteiger partial charge in [0.1, 0.15) is 6.10 Å². The lowest BCUT2D eigenvalue weighted by Gasteiger charge is -2.13. The normalized spacial score (nSPS) is 12.1. The summed E-state index contributed by atoms with van der Waals surface area (Å²) in [5.74, 6) is -1.24. The van der Waals surface area contributed by atoms with Crippen molar-refractivity contribution in [3.63, 3.8) is 0 Å². The van der Waals surface area contributed by atoms with Gasteiger partial charge < -0.3 is 9.84 Å². The fourth-order valence-corrected chi connectivity index (χ4v) is 2.28. The molecule has 0 aliphatic heterocycles. The van der Waals surface area contributed by atoms with E-state index in [0.717, 1.165) is 12.8 Å². The number of hydrogen-bond acceptors (Lipinski definition) is 4. The summed E-state index contributed by atoms with van der Waals surface area (Å²) >= 11 is 1.64. The molecule has 0 aromatic carbocycles. The van der Waals surface area contributed by atoms with Crippen LogP contribution in [0.25, 0.3) is 0 Å². The number of aryl methyl sites for hydroxylation is 1. The Kier molecular flexibility index (Phi) is 6.43. The number of carbonyl (C=O) groups is 2. The molecule has 0 bridgehead atoms. The van der Waals surface area contributed by atoms with E-state index in [1.807, 2.05) is 18.4 Å². The number of ether oxygens (including phenoxy) is 1. The quantitative estimate of drug-likeness (QED) is 0.738. The molecule has 4 nitrogen and oxygen atoms in total. The van der Waals surface area contributed by atoms with Gasteiger partial charge in [0.2, 0.25) is 0 Å². The van der Waals surface area contributed by atoms with Gasteiger partial charge in [-0.2, -0.15) is 11.3 Å². The van der Waals surface area contributed by atoms with Gasteiger partial charge in [-0.1, -0.05) is 6.92 Å². The number of carboxylic acids is 1. The van der Waals surface area contributed by atoms with Crippen LogP contribution in [0.4, 0.5) is 0 Å². The molecule has 0 saturated carbocycles. The number of carboxylic acid groups (broad SMARTS) is 1. The Morgan fingerprint density at radius 1 is 1.50 bits per heavy atom. The largest absolute Gasteiger partial charge is 0.481 e. The third-order valence-electron chi connectivity index (χ3n) is 2.58. The zero-order chi connectivity index (χ0) is 13.4. The van der Waals surface area contributed by atoms with Crippen molar-refractivity contribution in [1.29, 1.82) is 0 Å². The van der Waals surface area contributed by atoms with Crippen molar-refractivity contribution >= 4 is 23.3 Å². The zero-order valence-electron chi connectivity index (χ0n) is 10.4. The Morgan fingerprint density at radius 2 is 2.28 bits per heavy atom. The fourth-order valence-electron chi connectivity index (χ4n) is 1.58. The molecule has 1 atom stereocenters. The first-order valence-electron chi connectivity index (χ1n) is 6.04. The third kappa shape index (κ3) is 5.82. The molecule has 0 radical (unpaired) electrons. The standard InChI is InChI=1S/C13H18O4S/c1-2-11(8-12(14)15)17-13(16)5-3-4-10-6-7-18-9-10/h6-7,9,11H,2-5,8H2,1H3,(H,14,15). The molecule has 1 aromatic heterocycles. The second-order valence-electron chi connectivity index (χ2n) is 4.10. The lowest BCUT2D eigenvalue weighted by molar-refractivity contribution is -0.153. The first-order valence-corrected chi connectivity index (χ1v) is 6.98. The Hall–Kier alpha value is -1.36. The van der Waals surface area contributed by atoms with Crippen LogP contribution in [0.15, 0.2) is 16.8 Å². The van der Waals surface area contributed by atoms with Crippen molar-refractivity contribution in [3.05, 3.63) is 22.4 Å². The highest BCUT2D eigenvalue weighted by atomic mass is 32.1. The second-order valence-corrected chi connectivity index (χ2v) is 4.88. The van der Waals surface area contributed by atoms with Gasteiger partial charge in [0.15, 0.2) is 0 Å². The highest BCUT2D eigenvalue weighted by Crippen LogP contribution is 2.11. The first-order chi connectivity index (χ1) is 8.61.